The lowest BCUT2D eigenvalue weighted by Crippen LogP contribution is -2.48. The summed E-state index contributed by atoms with van der Waals surface area (Å²) in [6, 6.07) is 4.55. The first-order chi connectivity index (χ1) is 18.1. The van der Waals surface area contributed by atoms with Crippen LogP contribution in [0.2, 0.25) is 0 Å². The molecule has 2 atom stereocenters. The molecule has 0 radical (unpaired) electrons. The van der Waals surface area contributed by atoms with Gasteiger partial charge in [-0.25, -0.2) is 4.79 Å². The third kappa shape index (κ3) is 7.83. The Hall–Kier alpha value is -2.42. The fourth-order valence-corrected chi connectivity index (χ4v) is 5.56. The molecule has 4 rings (SSSR count). The molecule has 220 valence electrons. The average Bonchev–Trinajstić information content (AvgIpc) is 3.36. The van der Waals surface area contributed by atoms with E-state index in [9.17, 15) is 44.3 Å². The molecule has 0 saturated carbocycles. The lowest BCUT2D eigenvalue weighted by atomic mass is 10.0. The van der Waals surface area contributed by atoms with E-state index >= 15 is 0 Å². The van der Waals surface area contributed by atoms with Crippen LogP contribution < -0.4 is 4.74 Å². The number of carbonyl (C=O) groups is 1. The van der Waals surface area contributed by atoms with E-state index in [0.717, 1.165) is 42.8 Å². The number of halogens is 9. The van der Waals surface area contributed by atoms with Gasteiger partial charge in [0.05, 0.1) is 0 Å². The number of carbonyl (C=O) groups excluding carboxylic acids is 1. The van der Waals surface area contributed by atoms with Gasteiger partial charge in [-0.15, -0.1) is 13.2 Å². The van der Waals surface area contributed by atoms with Gasteiger partial charge in [0.2, 0.25) is 0 Å². The number of amides is 1. The molecule has 1 amide bonds. The first kappa shape index (κ1) is 29.6. The van der Waals surface area contributed by atoms with Crippen molar-refractivity contribution >= 4 is 6.09 Å². The highest BCUT2D eigenvalue weighted by atomic mass is 19.4. The predicted molar refractivity (Wildman–Crippen MR) is 118 cm³/mol. The van der Waals surface area contributed by atoms with E-state index in [1.807, 2.05) is 4.90 Å². The standard InChI is InChI=1S/C24H28F9N3O3/c25-22(26,27)20(23(28,29)30)38-21(37)36-13-17-11-35(12-18(17)14-36)10-16-8-15(9-34-6-2-1-3-7-34)4-5-19(16)39-24(31,32)33/h4-5,8,17-18,20H,1-3,6-7,9-14H2. The Morgan fingerprint density at radius 1 is 0.821 bits per heavy atom. The zero-order chi connectivity index (χ0) is 28.6. The monoisotopic (exact) mass is 577 g/mol. The lowest BCUT2D eigenvalue weighted by Gasteiger charge is -2.27. The molecule has 0 aromatic heterocycles. The number of fused-ring (bicyclic) bond motifs is 1. The van der Waals surface area contributed by atoms with Crippen molar-refractivity contribution in [3.63, 3.8) is 0 Å². The molecule has 1 aromatic rings. The highest BCUT2D eigenvalue weighted by Gasteiger charge is 2.60. The van der Waals surface area contributed by atoms with E-state index in [4.69, 9.17) is 0 Å². The molecular formula is C24H28F9N3O3. The Bertz CT molecular complexity index is 981. The topological polar surface area (TPSA) is 45.2 Å². The zero-order valence-electron chi connectivity index (χ0n) is 20.7. The number of likely N-dealkylation sites (tertiary alicyclic amines) is 3. The van der Waals surface area contributed by atoms with Crippen LogP contribution in [0.1, 0.15) is 30.4 Å². The van der Waals surface area contributed by atoms with Gasteiger partial charge >= 0.3 is 24.8 Å². The molecular weight excluding hydrogens is 549 g/mol. The molecule has 3 heterocycles. The highest BCUT2D eigenvalue weighted by molar-refractivity contribution is 5.68. The largest absolute Gasteiger partial charge is 0.573 e. The van der Waals surface area contributed by atoms with Gasteiger partial charge in [-0.1, -0.05) is 12.5 Å². The molecule has 39 heavy (non-hydrogen) atoms. The SMILES string of the molecule is O=C(OC(C(F)(F)F)C(F)(F)F)N1CC2CN(Cc3cc(CN4CCCCC4)ccc3OC(F)(F)F)CC2C1. The van der Waals surface area contributed by atoms with E-state index in [2.05, 4.69) is 14.4 Å². The van der Waals surface area contributed by atoms with Gasteiger partial charge in [0, 0.05) is 44.8 Å². The van der Waals surface area contributed by atoms with Gasteiger partial charge in [0.1, 0.15) is 5.75 Å². The number of hydrogen-bond donors (Lipinski definition) is 0. The van der Waals surface area contributed by atoms with Gasteiger partial charge in [-0.05, 0) is 55.5 Å². The van der Waals surface area contributed by atoms with Crippen molar-refractivity contribution in [2.45, 2.75) is 57.2 Å². The van der Waals surface area contributed by atoms with E-state index in [1.54, 1.807) is 12.1 Å². The second kappa shape index (κ2) is 11.2. The summed E-state index contributed by atoms with van der Waals surface area (Å²) < 4.78 is 124. The summed E-state index contributed by atoms with van der Waals surface area (Å²) in [5.74, 6) is -0.898. The number of rotatable bonds is 6. The minimum atomic E-state index is -5.81. The minimum absolute atomic E-state index is 0.0981. The molecule has 3 fully saturated rings. The highest BCUT2D eigenvalue weighted by Crippen LogP contribution is 2.38. The van der Waals surface area contributed by atoms with Gasteiger partial charge in [0.15, 0.2) is 0 Å². The van der Waals surface area contributed by atoms with Crippen LogP contribution >= 0.6 is 0 Å². The van der Waals surface area contributed by atoms with Crippen LogP contribution in [0.3, 0.4) is 0 Å². The van der Waals surface area contributed by atoms with Crippen molar-refractivity contribution in [3.05, 3.63) is 29.3 Å². The summed E-state index contributed by atoms with van der Waals surface area (Å²) in [5.41, 5.74) is 1.15. The van der Waals surface area contributed by atoms with Crippen molar-refractivity contribution in [1.29, 1.82) is 0 Å². The Labute approximate surface area is 218 Å². The molecule has 2 unspecified atom stereocenters. The number of benzene rings is 1. The Morgan fingerprint density at radius 3 is 1.95 bits per heavy atom. The average molecular weight is 577 g/mol. The Morgan fingerprint density at radius 2 is 1.41 bits per heavy atom. The Kier molecular flexibility index (Phi) is 8.50. The Balaban J connectivity index is 1.39. The van der Waals surface area contributed by atoms with Gasteiger partial charge < -0.3 is 14.4 Å². The summed E-state index contributed by atoms with van der Waals surface area (Å²) in [6.45, 7) is 2.82. The summed E-state index contributed by atoms with van der Waals surface area (Å²) in [4.78, 5) is 17.0. The fraction of sp³-hybridized carbons (Fsp3) is 0.708. The summed E-state index contributed by atoms with van der Waals surface area (Å²) in [5, 5.41) is 0. The first-order valence-corrected chi connectivity index (χ1v) is 12.5. The zero-order valence-corrected chi connectivity index (χ0v) is 20.7. The molecule has 0 spiro atoms. The molecule has 1 aromatic carbocycles. The molecule has 3 aliphatic heterocycles. The predicted octanol–water partition coefficient (Wildman–Crippen LogP) is 5.56. The first-order valence-electron chi connectivity index (χ1n) is 12.5. The van der Waals surface area contributed by atoms with Crippen LogP contribution in [0.15, 0.2) is 18.2 Å². The molecule has 0 bridgehead atoms. The number of ether oxygens (including phenoxy) is 2. The molecule has 3 saturated heterocycles. The number of alkyl halides is 9. The summed E-state index contributed by atoms with van der Waals surface area (Å²) in [7, 11) is 0. The minimum Gasteiger partial charge on any atom is -0.426 e. The van der Waals surface area contributed by atoms with Crippen LogP contribution in [-0.2, 0) is 17.8 Å². The summed E-state index contributed by atoms with van der Waals surface area (Å²) in [6.07, 6.45) is -19.2. The maximum absolute atomic E-state index is 13.0. The summed E-state index contributed by atoms with van der Waals surface area (Å²) >= 11 is 0. The van der Waals surface area contributed by atoms with E-state index < -0.39 is 30.9 Å². The quantitative estimate of drug-likeness (QED) is 0.415. The molecule has 3 aliphatic rings. The van der Waals surface area contributed by atoms with Crippen molar-refractivity contribution in [1.82, 2.24) is 14.7 Å². The van der Waals surface area contributed by atoms with Crippen molar-refractivity contribution in [2.24, 2.45) is 11.8 Å². The normalized spacial score (nSPS) is 23.4. The second-order valence-corrected chi connectivity index (χ2v) is 10.3. The van der Waals surface area contributed by atoms with E-state index in [0.29, 0.717) is 12.1 Å². The smallest absolute Gasteiger partial charge is 0.426 e. The molecule has 6 nitrogen and oxygen atoms in total. The molecule has 15 heteroatoms. The van der Waals surface area contributed by atoms with Crippen LogP contribution in [0.4, 0.5) is 44.3 Å². The number of hydrogen-bond acceptors (Lipinski definition) is 5. The third-order valence-electron chi connectivity index (χ3n) is 7.23. The maximum atomic E-state index is 13.0. The van der Waals surface area contributed by atoms with Gasteiger partial charge in [-0.3, -0.25) is 9.80 Å². The molecule has 0 N–H and O–H groups in total. The second-order valence-electron chi connectivity index (χ2n) is 10.3. The van der Waals surface area contributed by atoms with Crippen molar-refractivity contribution < 1.29 is 53.8 Å². The van der Waals surface area contributed by atoms with Crippen LogP contribution in [-0.4, -0.2) is 84.9 Å². The van der Waals surface area contributed by atoms with Gasteiger partial charge in [-0.2, -0.15) is 26.3 Å². The van der Waals surface area contributed by atoms with Crippen molar-refractivity contribution in [3.8, 4) is 5.75 Å². The van der Waals surface area contributed by atoms with Gasteiger partial charge in [0.25, 0.3) is 6.10 Å². The van der Waals surface area contributed by atoms with E-state index in [1.165, 1.54) is 6.07 Å². The number of piperidine rings is 1. The van der Waals surface area contributed by atoms with Crippen molar-refractivity contribution in [2.75, 3.05) is 39.3 Å². The maximum Gasteiger partial charge on any atom is 0.573 e. The van der Waals surface area contributed by atoms with Crippen LogP contribution in [0.5, 0.6) is 5.75 Å². The van der Waals surface area contributed by atoms with Crippen LogP contribution in [0.25, 0.3) is 0 Å². The van der Waals surface area contributed by atoms with Crippen LogP contribution in [0, 0.1) is 11.8 Å². The van der Waals surface area contributed by atoms with E-state index in [-0.39, 0.29) is 50.3 Å². The fourth-order valence-electron chi connectivity index (χ4n) is 5.56. The number of nitrogens with zero attached hydrogens (tertiary/aromatic N) is 3. The molecule has 0 aliphatic carbocycles. The third-order valence-corrected chi connectivity index (χ3v) is 7.23. The lowest BCUT2D eigenvalue weighted by molar-refractivity contribution is -0.308.